The van der Waals surface area contributed by atoms with Crippen LogP contribution in [0.5, 0.6) is 0 Å². The van der Waals surface area contributed by atoms with Crippen LogP contribution in [0.2, 0.25) is 0 Å². The Kier molecular flexibility index (Phi) is 7.26. The molecule has 0 spiro atoms. The molecule has 12 rings (SSSR count). The maximum Gasteiger partial charge on any atom is 0.164 e. The summed E-state index contributed by atoms with van der Waals surface area (Å²) in [6.45, 7) is 0. The van der Waals surface area contributed by atoms with Crippen LogP contribution in [0.3, 0.4) is 0 Å². The number of furan rings is 1. The van der Waals surface area contributed by atoms with Crippen LogP contribution in [0.1, 0.15) is 29.0 Å². The van der Waals surface area contributed by atoms with E-state index in [4.69, 9.17) is 19.4 Å². The van der Waals surface area contributed by atoms with E-state index in [1.807, 2.05) is 24.3 Å². The third-order valence-corrected chi connectivity index (χ3v) is 12.9. The highest BCUT2D eigenvalue weighted by atomic mass is 32.1. The van der Waals surface area contributed by atoms with Crippen molar-refractivity contribution in [2.24, 2.45) is 0 Å². The number of fused-ring (bicyclic) bond motifs is 10. The van der Waals surface area contributed by atoms with Crippen molar-refractivity contribution in [3.63, 3.8) is 0 Å². The van der Waals surface area contributed by atoms with Gasteiger partial charge in [-0.1, -0.05) is 140 Å². The molecule has 0 amide bonds. The third kappa shape index (κ3) is 5.23. The van der Waals surface area contributed by atoms with Crippen molar-refractivity contribution in [1.29, 1.82) is 0 Å². The zero-order valence-electron chi connectivity index (χ0n) is 30.8. The first-order chi connectivity index (χ1) is 28.2. The number of rotatable bonds is 4. The molecule has 1 atom stereocenters. The molecule has 0 radical (unpaired) electrons. The summed E-state index contributed by atoms with van der Waals surface area (Å²) in [5.74, 6) is 2.03. The van der Waals surface area contributed by atoms with Crippen molar-refractivity contribution in [2.45, 2.75) is 18.8 Å². The maximum absolute atomic E-state index is 6.93. The van der Waals surface area contributed by atoms with Gasteiger partial charge in [-0.3, -0.25) is 0 Å². The summed E-state index contributed by atoms with van der Waals surface area (Å²) in [5.41, 5.74) is 11.1. The van der Waals surface area contributed by atoms with E-state index in [0.717, 1.165) is 51.5 Å². The lowest BCUT2D eigenvalue weighted by molar-refractivity contribution is 0.647. The molecule has 0 fully saturated rings. The fourth-order valence-corrected chi connectivity index (χ4v) is 10.2. The number of aromatic nitrogens is 3. The van der Waals surface area contributed by atoms with Crippen molar-refractivity contribution >= 4 is 64.2 Å². The first-order valence-corrected chi connectivity index (χ1v) is 20.3. The fourth-order valence-electron chi connectivity index (χ4n) is 9.09. The topological polar surface area (TPSA) is 51.8 Å². The fraction of sp³-hybridized carbons (Fsp3) is 0.0577. The van der Waals surface area contributed by atoms with Gasteiger partial charge in [0.1, 0.15) is 11.2 Å². The molecule has 1 aliphatic rings. The van der Waals surface area contributed by atoms with Gasteiger partial charge in [0.05, 0.1) is 0 Å². The summed E-state index contributed by atoms with van der Waals surface area (Å²) in [6.07, 6.45) is 1.92. The van der Waals surface area contributed by atoms with Crippen LogP contribution < -0.4 is 0 Å². The molecule has 1 aliphatic carbocycles. The highest BCUT2D eigenvalue weighted by Crippen LogP contribution is 2.47. The number of nitrogens with zero attached hydrogens (tertiary/aromatic N) is 3. The lowest BCUT2D eigenvalue weighted by Crippen LogP contribution is -2.04. The van der Waals surface area contributed by atoms with Crippen molar-refractivity contribution in [3.8, 4) is 45.3 Å². The number of hydrogen-bond donors (Lipinski definition) is 0. The number of aryl methyl sites for hydroxylation is 1. The Balaban J connectivity index is 1.06. The van der Waals surface area contributed by atoms with Gasteiger partial charge < -0.3 is 4.42 Å². The van der Waals surface area contributed by atoms with E-state index < -0.39 is 0 Å². The molecule has 0 saturated carbocycles. The maximum atomic E-state index is 6.93. The van der Waals surface area contributed by atoms with Crippen molar-refractivity contribution < 1.29 is 4.42 Å². The average Bonchev–Trinajstić information content (AvgIpc) is 3.80. The second-order valence-corrected chi connectivity index (χ2v) is 16.1. The van der Waals surface area contributed by atoms with Gasteiger partial charge in [-0.05, 0) is 76.2 Å². The second kappa shape index (κ2) is 12.8. The molecule has 0 N–H and O–H groups in total. The van der Waals surface area contributed by atoms with Crippen LogP contribution in [-0.4, -0.2) is 15.0 Å². The van der Waals surface area contributed by atoms with Gasteiger partial charge in [0.15, 0.2) is 17.5 Å². The van der Waals surface area contributed by atoms with E-state index in [9.17, 15) is 0 Å². The van der Waals surface area contributed by atoms with Crippen LogP contribution in [0, 0.1) is 0 Å². The summed E-state index contributed by atoms with van der Waals surface area (Å²) < 4.78 is 9.42. The zero-order chi connectivity index (χ0) is 37.5. The quantitative estimate of drug-likeness (QED) is 0.180. The van der Waals surface area contributed by atoms with E-state index in [1.54, 1.807) is 11.3 Å². The molecular weight excluding hydrogens is 715 g/mol. The molecular formula is C52H33N3OS. The SMILES string of the molecule is c1ccc(-c2nc(-c3ccc4c(c3)sc3ccccc34)nc(-c3ccc(C4CCc5cc6ccccc6cc5-c5ccccc54)c4oc5ccccc5c34)n2)cc1. The molecule has 0 bridgehead atoms. The molecule has 0 saturated heterocycles. The molecule has 57 heavy (non-hydrogen) atoms. The minimum atomic E-state index is 0.121. The monoisotopic (exact) mass is 747 g/mol. The molecule has 8 aromatic carbocycles. The Hall–Kier alpha value is -6.95. The van der Waals surface area contributed by atoms with Crippen molar-refractivity contribution in [2.75, 3.05) is 0 Å². The van der Waals surface area contributed by atoms with Gasteiger partial charge in [-0.15, -0.1) is 11.3 Å². The predicted octanol–water partition coefficient (Wildman–Crippen LogP) is 14.0. The minimum Gasteiger partial charge on any atom is -0.456 e. The summed E-state index contributed by atoms with van der Waals surface area (Å²) in [5, 5.41) is 7.15. The summed E-state index contributed by atoms with van der Waals surface area (Å²) in [4.78, 5) is 15.6. The number of benzene rings is 8. The van der Waals surface area contributed by atoms with Crippen LogP contribution in [0.4, 0.5) is 0 Å². The second-order valence-electron chi connectivity index (χ2n) is 15.0. The number of thiophene rings is 1. The van der Waals surface area contributed by atoms with Crippen LogP contribution in [-0.2, 0) is 6.42 Å². The molecule has 11 aromatic rings. The standard InChI is InChI=1S/C52H33N3OS/c1-2-12-31(13-3-1)50-53-51(35-23-25-40-39-18-9-11-21-46(39)57-47(40)30-35)55-52(54-50)43-27-26-41(49-48(43)42-19-8-10-20-45(42)56-49)38-24-22-34-28-32-14-4-5-15-33(32)29-44(34)37-17-7-6-16-36(37)38/h1-21,23,25-30,38H,22,24H2. The minimum absolute atomic E-state index is 0.121. The Labute approximate surface area is 332 Å². The van der Waals surface area contributed by atoms with Gasteiger partial charge in [-0.25, -0.2) is 15.0 Å². The van der Waals surface area contributed by atoms with E-state index in [0.29, 0.717) is 17.5 Å². The molecule has 5 heteroatoms. The largest absolute Gasteiger partial charge is 0.456 e. The van der Waals surface area contributed by atoms with E-state index >= 15 is 0 Å². The summed E-state index contributed by atoms with van der Waals surface area (Å²) >= 11 is 1.80. The Bertz CT molecular complexity index is 3380. The Morgan fingerprint density at radius 1 is 0.474 bits per heavy atom. The molecule has 0 aliphatic heterocycles. The number of para-hydroxylation sites is 1. The van der Waals surface area contributed by atoms with Crippen LogP contribution >= 0.6 is 11.3 Å². The van der Waals surface area contributed by atoms with Gasteiger partial charge in [0, 0.05) is 59.1 Å². The molecule has 3 aromatic heterocycles. The average molecular weight is 748 g/mol. The highest BCUT2D eigenvalue weighted by Gasteiger charge is 2.28. The molecule has 1 unspecified atom stereocenters. The normalized spacial score (nSPS) is 14.0. The Morgan fingerprint density at radius 3 is 2.07 bits per heavy atom. The summed E-state index contributed by atoms with van der Waals surface area (Å²) in [7, 11) is 0. The first kappa shape index (κ1) is 32.3. The van der Waals surface area contributed by atoms with Gasteiger partial charge in [-0.2, -0.15) is 0 Å². The molecule has 4 nitrogen and oxygen atoms in total. The van der Waals surface area contributed by atoms with Crippen LogP contribution in [0.25, 0.3) is 98.2 Å². The zero-order valence-corrected chi connectivity index (χ0v) is 31.6. The van der Waals surface area contributed by atoms with Gasteiger partial charge in [0.2, 0.25) is 0 Å². The molecule has 268 valence electrons. The van der Waals surface area contributed by atoms with Gasteiger partial charge in [0.25, 0.3) is 0 Å². The lowest BCUT2D eigenvalue weighted by atomic mass is 9.84. The summed E-state index contributed by atoms with van der Waals surface area (Å²) in [6, 6.07) is 60.6. The van der Waals surface area contributed by atoms with Crippen molar-refractivity contribution in [1.82, 2.24) is 15.0 Å². The van der Waals surface area contributed by atoms with E-state index in [2.05, 4.69) is 146 Å². The van der Waals surface area contributed by atoms with Gasteiger partial charge >= 0.3 is 0 Å². The predicted molar refractivity (Wildman–Crippen MR) is 236 cm³/mol. The Morgan fingerprint density at radius 2 is 1.18 bits per heavy atom. The lowest BCUT2D eigenvalue weighted by Gasteiger charge is -2.19. The van der Waals surface area contributed by atoms with Crippen LogP contribution in [0.15, 0.2) is 174 Å². The first-order valence-electron chi connectivity index (χ1n) is 19.5. The van der Waals surface area contributed by atoms with E-state index in [-0.39, 0.29) is 5.92 Å². The third-order valence-electron chi connectivity index (χ3n) is 11.8. The van der Waals surface area contributed by atoms with E-state index in [1.165, 1.54) is 58.8 Å². The van der Waals surface area contributed by atoms with Crippen molar-refractivity contribution in [3.05, 3.63) is 187 Å². The smallest absolute Gasteiger partial charge is 0.164 e. The highest BCUT2D eigenvalue weighted by molar-refractivity contribution is 7.25. The number of hydrogen-bond acceptors (Lipinski definition) is 5. The molecule has 3 heterocycles.